The van der Waals surface area contributed by atoms with Gasteiger partial charge in [-0.25, -0.2) is 0 Å². The van der Waals surface area contributed by atoms with E-state index in [1.54, 1.807) is 13.2 Å². The number of hydrogen-bond acceptors (Lipinski definition) is 1. The van der Waals surface area contributed by atoms with Crippen LogP contribution in [0.3, 0.4) is 0 Å². The van der Waals surface area contributed by atoms with Crippen molar-refractivity contribution in [2.24, 2.45) is 11.8 Å². The molecule has 1 nitrogen and oxygen atoms in total. The minimum atomic E-state index is 0.676. The summed E-state index contributed by atoms with van der Waals surface area (Å²) in [6.07, 6.45) is 4.95. The van der Waals surface area contributed by atoms with E-state index in [0.717, 1.165) is 11.7 Å². The van der Waals surface area contributed by atoms with Gasteiger partial charge in [0.15, 0.2) is 0 Å². The monoisotopic (exact) mass is 164 g/mol. The smallest absolute Gasteiger partial charge is 0.118 e. The quantitative estimate of drug-likeness (QED) is 0.458. The van der Waals surface area contributed by atoms with Gasteiger partial charge in [0.1, 0.15) is 5.76 Å². The van der Waals surface area contributed by atoms with Crippen LogP contribution in [0.1, 0.15) is 13.3 Å². The van der Waals surface area contributed by atoms with Gasteiger partial charge < -0.3 is 4.74 Å². The van der Waals surface area contributed by atoms with Gasteiger partial charge >= 0.3 is 0 Å². The van der Waals surface area contributed by atoms with Crippen molar-refractivity contribution in [1.82, 2.24) is 0 Å². The van der Waals surface area contributed by atoms with Crippen molar-refractivity contribution in [1.29, 1.82) is 0 Å². The zero-order valence-electron chi connectivity index (χ0n) is 7.84. The minimum Gasteiger partial charge on any atom is -0.497 e. The van der Waals surface area contributed by atoms with Gasteiger partial charge in [0.05, 0.1) is 7.11 Å². The van der Waals surface area contributed by atoms with Crippen LogP contribution in [-0.4, -0.2) is 7.11 Å². The highest BCUT2D eigenvalue weighted by Crippen LogP contribution is 2.43. The van der Waals surface area contributed by atoms with Crippen LogP contribution in [0.2, 0.25) is 0 Å². The molecule has 0 saturated heterocycles. The lowest BCUT2D eigenvalue weighted by molar-refractivity contribution is 0.306. The lowest BCUT2D eigenvalue weighted by Crippen LogP contribution is -1.86. The zero-order chi connectivity index (χ0) is 9.14. The third-order valence-corrected chi connectivity index (χ3v) is 2.35. The first kappa shape index (κ1) is 9.11. The van der Waals surface area contributed by atoms with Crippen LogP contribution in [0, 0.1) is 11.8 Å². The number of methoxy groups -OCH3 is 1. The van der Waals surface area contributed by atoms with Crippen LogP contribution < -0.4 is 0 Å². The lowest BCUT2D eigenvalue weighted by Gasteiger charge is -2.01. The standard InChI is InChI=1S/C11H16O/c1-5-10(12-4)6-8(2)11-7-9(11)3/h5-6,9,11H,1-2,7H2,3-4H3/b10-6+. The molecule has 0 spiro atoms. The van der Waals surface area contributed by atoms with Crippen molar-refractivity contribution < 1.29 is 4.74 Å². The summed E-state index contributed by atoms with van der Waals surface area (Å²) < 4.78 is 5.07. The molecule has 0 amide bonds. The normalized spacial score (nSPS) is 28.0. The van der Waals surface area contributed by atoms with Gasteiger partial charge in [0.2, 0.25) is 0 Å². The third-order valence-electron chi connectivity index (χ3n) is 2.35. The van der Waals surface area contributed by atoms with E-state index in [1.165, 1.54) is 12.0 Å². The van der Waals surface area contributed by atoms with E-state index in [1.807, 2.05) is 6.08 Å². The summed E-state index contributed by atoms with van der Waals surface area (Å²) in [5, 5.41) is 0. The van der Waals surface area contributed by atoms with Crippen LogP contribution in [0.4, 0.5) is 0 Å². The van der Waals surface area contributed by atoms with Crippen molar-refractivity contribution in [2.75, 3.05) is 7.11 Å². The van der Waals surface area contributed by atoms with Gasteiger partial charge in [-0.05, 0) is 36.0 Å². The molecule has 2 atom stereocenters. The molecule has 0 radical (unpaired) electrons. The number of ether oxygens (including phenoxy) is 1. The van der Waals surface area contributed by atoms with Crippen molar-refractivity contribution in [3.63, 3.8) is 0 Å². The molecule has 1 saturated carbocycles. The summed E-state index contributed by atoms with van der Waals surface area (Å²) >= 11 is 0. The molecule has 0 aromatic rings. The van der Waals surface area contributed by atoms with Gasteiger partial charge in [-0.1, -0.05) is 20.1 Å². The lowest BCUT2D eigenvalue weighted by atomic mass is 10.1. The van der Waals surface area contributed by atoms with E-state index in [0.29, 0.717) is 5.92 Å². The Balaban J connectivity index is 2.53. The third kappa shape index (κ3) is 2.00. The number of allylic oxidation sites excluding steroid dienone is 3. The molecular weight excluding hydrogens is 148 g/mol. The summed E-state index contributed by atoms with van der Waals surface area (Å²) in [7, 11) is 1.65. The van der Waals surface area contributed by atoms with Crippen LogP contribution in [0.25, 0.3) is 0 Å². The van der Waals surface area contributed by atoms with Crippen molar-refractivity contribution in [2.45, 2.75) is 13.3 Å². The molecule has 1 fully saturated rings. The molecule has 0 aromatic heterocycles. The van der Waals surface area contributed by atoms with Crippen molar-refractivity contribution >= 4 is 0 Å². The molecule has 1 rings (SSSR count). The second kappa shape index (κ2) is 3.61. The second-order valence-electron chi connectivity index (χ2n) is 3.35. The molecular formula is C11H16O. The van der Waals surface area contributed by atoms with E-state index in [2.05, 4.69) is 20.1 Å². The molecule has 12 heavy (non-hydrogen) atoms. The van der Waals surface area contributed by atoms with Crippen LogP contribution >= 0.6 is 0 Å². The van der Waals surface area contributed by atoms with Gasteiger partial charge in [-0.3, -0.25) is 0 Å². The average Bonchev–Trinajstić information content (AvgIpc) is 2.78. The molecule has 0 heterocycles. The van der Waals surface area contributed by atoms with E-state index in [-0.39, 0.29) is 0 Å². The highest BCUT2D eigenvalue weighted by atomic mass is 16.5. The molecule has 66 valence electrons. The van der Waals surface area contributed by atoms with Crippen LogP contribution in [0.5, 0.6) is 0 Å². The van der Waals surface area contributed by atoms with E-state index < -0.39 is 0 Å². The SMILES string of the molecule is C=C/C(=C\C(=C)C1CC1C)OC. The second-order valence-corrected chi connectivity index (χ2v) is 3.35. The van der Waals surface area contributed by atoms with Crippen LogP contribution in [-0.2, 0) is 4.74 Å². The molecule has 0 bridgehead atoms. The largest absolute Gasteiger partial charge is 0.497 e. The summed E-state index contributed by atoms with van der Waals surface area (Å²) in [6.45, 7) is 9.89. The number of rotatable bonds is 4. The predicted molar refractivity (Wildman–Crippen MR) is 51.7 cm³/mol. The Labute approximate surface area is 74.4 Å². The first-order chi connectivity index (χ1) is 5.69. The summed E-state index contributed by atoms with van der Waals surface area (Å²) in [5.41, 5.74) is 1.17. The Morgan fingerprint density at radius 1 is 1.58 bits per heavy atom. The zero-order valence-corrected chi connectivity index (χ0v) is 7.84. The predicted octanol–water partition coefficient (Wildman–Crippen LogP) is 2.91. The first-order valence-corrected chi connectivity index (χ1v) is 4.26. The highest BCUT2D eigenvalue weighted by Gasteiger charge is 2.33. The molecule has 0 aliphatic heterocycles. The van der Waals surface area contributed by atoms with Gasteiger partial charge in [0.25, 0.3) is 0 Å². The Morgan fingerprint density at radius 3 is 2.50 bits per heavy atom. The van der Waals surface area contributed by atoms with Crippen LogP contribution in [0.15, 0.2) is 36.6 Å². The highest BCUT2D eigenvalue weighted by molar-refractivity contribution is 5.28. The molecule has 1 heteroatoms. The molecule has 2 unspecified atom stereocenters. The Bertz CT molecular complexity index is 225. The maximum Gasteiger partial charge on any atom is 0.118 e. The first-order valence-electron chi connectivity index (χ1n) is 4.26. The topological polar surface area (TPSA) is 9.23 Å². The maximum atomic E-state index is 5.07. The van der Waals surface area contributed by atoms with E-state index in [9.17, 15) is 0 Å². The average molecular weight is 164 g/mol. The van der Waals surface area contributed by atoms with E-state index in [4.69, 9.17) is 4.74 Å². The van der Waals surface area contributed by atoms with Gasteiger partial charge in [-0.15, -0.1) is 0 Å². The minimum absolute atomic E-state index is 0.676. The summed E-state index contributed by atoms with van der Waals surface area (Å²) in [5.74, 6) is 2.28. The Morgan fingerprint density at radius 2 is 2.17 bits per heavy atom. The van der Waals surface area contributed by atoms with Gasteiger partial charge in [-0.2, -0.15) is 0 Å². The van der Waals surface area contributed by atoms with Gasteiger partial charge in [0, 0.05) is 0 Å². The Kier molecular flexibility index (Phi) is 2.74. The molecule has 0 N–H and O–H groups in total. The Hall–Kier alpha value is -0.980. The summed E-state index contributed by atoms with van der Waals surface area (Å²) in [4.78, 5) is 0. The molecule has 0 aromatic carbocycles. The fourth-order valence-corrected chi connectivity index (χ4v) is 1.33. The fraction of sp³-hybridized carbons (Fsp3) is 0.455. The molecule has 1 aliphatic carbocycles. The van der Waals surface area contributed by atoms with Crippen molar-refractivity contribution in [3.8, 4) is 0 Å². The maximum absolute atomic E-state index is 5.07. The van der Waals surface area contributed by atoms with E-state index >= 15 is 0 Å². The van der Waals surface area contributed by atoms with Crippen molar-refractivity contribution in [3.05, 3.63) is 36.6 Å². The summed E-state index contributed by atoms with van der Waals surface area (Å²) in [6, 6.07) is 0. The molecule has 1 aliphatic rings. The number of hydrogen-bond donors (Lipinski definition) is 0. The fourth-order valence-electron chi connectivity index (χ4n) is 1.33.